The standard InChI is InChI=1S/C51H46ClF2N9O4/c52-33-12-19-37-39(25-33)48(46-41(53)8-4-9-42(46)54)56-26-32-27-57-51(60-47(32)37)58-35-13-10-31(11-14-35)43-29-63(61-43)36-17-15-34(16-18-36)55-22-24-67-23-2-1-5-30-6-3-7-38-40(30)28-62(50(38)66)44-20-21-45(64)59-49(44)65/h3-4,6-14,19,25,27,29,34,36,44,55,61H,2,15-18,20-24,26,28H2,(H,57,58,60)(H,59,64,65). The molecule has 4 aromatic carbocycles. The van der Waals surface area contributed by atoms with Crippen LogP contribution in [-0.4, -0.2) is 79.9 Å². The monoisotopic (exact) mass is 921 g/mol. The minimum atomic E-state index is -0.708. The molecule has 16 heteroatoms. The largest absolute Gasteiger partial charge is 0.379 e. The number of benzene rings is 4. The average molecular weight is 922 g/mol. The highest BCUT2D eigenvalue weighted by molar-refractivity contribution is 6.31. The summed E-state index contributed by atoms with van der Waals surface area (Å²) < 4.78 is 38.0. The van der Waals surface area contributed by atoms with Crippen LogP contribution in [0.15, 0.2) is 96.2 Å². The summed E-state index contributed by atoms with van der Waals surface area (Å²) in [4.78, 5) is 52.6. The van der Waals surface area contributed by atoms with Crippen molar-refractivity contribution in [3.63, 3.8) is 0 Å². The van der Waals surface area contributed by atoms with Gasteiger partial charge in [-0.05, 0) is 86.2 Å². The predicted octanol–water partition coefficient (Wildman–Crippen LogP) is 8.26. The van der Waals surface area contributed by atoms with Crippen LogP contribution in [0.5, 0.6) is 0 Å². The van der Waals surface area contributed by atoms with E-state index >= 15 is 0 Å². The highest BCUT2D eigenvalue weighted by atomic mass is 35.5. The summed E-state index contributed by atoms with van der Waals surface area (Å²) in [7, 11) is 0. The van der Waals surface area contributed by atoms with Crippen LogP contribution in [0.25, 0.3) is 22.5 Å². The smallest absolute Gasteiger partial charge is 0.255 e. The lowest BCUT2D eigenvalue weighted by Crippen LogP contribution is -2.52. The van der Waals surface area contributed by atoms with Crippen molar-refractivity contribution < 1.29 is 27.9 Å². The number of piperidine rings is 1. The number of aromatic amines is 1. The molecule has 0 bridgehead atoms. The maximum atomic E-state index is 15.0. The van der Waals surface area contributed by atoms with Crippen molar-refractivity contribution in [1.82, 2.24) is 35.3 Å². The van der Waals surface area contributed by atoms with E-state index in [1.54, 1.807) is 35.4 Å². The molecule has 3 aliphatic heterocycles. The van der Waals surface area contributed by atoms with Crippen LogP contribution >= 0.6 is 11.6 Å². The number of amides is 3. The van der Waals surface area contributed by atoms with Gasteiger partial charge in [0.15, 0.2) is 0 Å². The molecule has 2 fully saturated rings. The Morgan fingerprint density at radius 3 is 2.48 bits per heavy atom. The minimum Gasteiger partial charge on any atom is -0.379 e. The lowest BCUT2D eigenvalue weighted by atomic mass is 9.91. The van der Waals surface area contributed by atoms with Gasteiger partial charge in [-0.15, -0.1) is 0 Å². The molecule has 13 nitrogen and oxygen atoms in total. The third kappa shape index (κ3) is 9.25. The lowest BCUT2D eigenvalue weighted by Gasteiger charge is -2.32. The summed E-state index contributed by atoms with van der Waals surface area (Å²) in [5.74, 6) is 4.39. The van der Waals surface area contributed by atoms with Gasteiger partial charge >= 0.3 is 0 Å². The molecule has 4 N–H and O–H groups in total. The predicted molar refractivity (Wildman–Crippen MR) is 250 cm³/mol. The van der Waals surface area contributed by atoms with Gasteiger partial charge in [-0.3, -0.25) is 34.5 Å². The third-order valence-electron chi connectivity index (χ3n) is 12.9. The minimum absolute atomic E-state index is 0.135. The second-order valence-electron chi connectivity index (χ2n) is 17.1. The van der Waals surface area contributed by atoms with E-state index in [0.29, 0.717) is 83.6 Å². The van der Waals surface area contributed by atoms with Crippen molar-refractivity contribution >= 4 is 46.7 Å². The van der Waals surface area contributed by atoms with Crippen LogP contribution in [0.4, 0.5) is 20.4 Å². The Balaban J connectivity index is 0.660. The van der Waals surface area contributed by atoms with Gasteiger partial charge in [0.25, 0.3) is 5.91 Å². The van der Waals surface area contributed by atoms with E-state index < -0.39 is 23.6 Å². The molecule has 1 saturated carbocycles. The van der Waals surface area contributed by atoms with E-state index in [0.717, 1.165) is 60.3 Å². The Bertz CT molecular complexity index is 2950. The highest BCUT2D eigenvalue weighted by Crippen LogP contribution is 2.36. The second kappa shape index (κ2) is 19.1. The lowest BCUT2D eigenvalue weighted by molar-refractivity contribution is -0.136. The van der Waals surface area contributed by atoms with E-state index in [1.165, 1.54) is 18.2 Å². The number of hydrogen-bond donors (Lipinski definition) is 4. The number of aromatic nitrogens is 4. The fraction of sp³-hybridized carbons (Fsp3) is 0.294. The van der Waals surface area contributed by atoms with Gasteiger partial charge in [0, 0.05) is 94.5 Å². The SMILES string of the molecule is O=C1CCC(N2Cc3c(C#CCCOCCNC4CCC(n5cc(-c6ccc(Nc7ncc8c(n7)-c7ccc(Cl)cc7C(c7c(F)cccc7F)=NC8)cc6)[nH]5)CC4)cccc3C2=O)C(=O)N1. The molecular weight excluding hydrogens is 876 g/mol. The van der Waals surface area contributed by atoms with Gasteiger partial charge in [0.1, 0.15) is 17.7 Å². The first kappa shape index (κ1) is 43.9. The molecule has 1 saturated heterocycles. The Kier molecular flexibility index (Phi) is 12.5. The zero-order valence-corrected chi connectivity index (χ0v) is 37.1. The Morgan fingerprint density at radius 2 is 1.69 bits per heavy atom. The molecule has 5 heterocycles. The number of ether oxygens (including phenoxy) is 1. The van der Waals surface area contributed by atoms with Crippen molar-refractivity contribution in [2.24, 2.45) is 4.99 Å². The molecule has 10 rings (SSSR count). The third-order valence-corrected chi connectivity index (χ3v) is 13.1. The van der Waals surface area contributed by atoms with Crippen LogP contribution < -0.4 is 16.0 Å². The molecule has 1 unspecified atom stereocenters. The van der Waals surface area contributed by atoms with Crippen LogP contribution in [0, 0.1) is 23.5 Å². The van der Waals surface area contributed by atoms with Crippen molar-refractivity contribution in [3.05, 3.63) is 141 Å². The van der Waals surface area contributed by atoms with Crippen molar-refractivity contribution in [2.75, 3.05) is 25.1 Å². The van der Waals surface area contributed by atoms with Gasteiger partial charge in [-0.1, -0.05) is 53.8 Å². The summed E-state index contributed by atoms with van der Waals surface area (Å²) in [5.41, 5.74) is 7.47. The number of nitrogens with zero attached hydrogens (tertiary/aromatic N) is 5. The Labute approximate surface area is 390 Å². The van der Waals surface area contributed by atoms with Crippen molar-refractivity contribution in [2.45, 2.75) is 76.2 Å². The molecule has 4 aliphatic rings. The number of carbonyl (C=O) groups is 3. The Hall–Kier alpha value is -6.99. The van der Waals surface area contributed by atoms with Crippen LogP contribution in [0.1, 0.15) is 89.2 Å². The normalized spacial score (nSPS) is 18.9. The molecule has 1 aliphatic carbocycles. The number of nitrogens with one attached hydrogen (secondary N) is 4. The summed E-state index contributed by atoms with van der Waals surface area (Å²) in [5, 5.41) is 13.2. The first-order chi connectivity index (χ1) is 32.7. The molecule has 0 spiro atoms. The van der Waals surface area contributed by atoms with E-state index in [1.807, 2.05) is 36.4 Å². The van der Waals surface area contributed by atoms with E-state index in [4.69, 9.17) is 21.3 Å². The fourth-order valence-electron chi connectivity index (χ4n) is 9.37. The number of aliphatic imine (C=N–C) groups is 1. The fourth-order valence-corrected chi connectivity index (χ4v) is 9.54. The van der Waals surface area contributed by atoms with Gasteiger partial charge < -0.3 is 20.3 Å². The maximum Gasteiger partial charge on any atom is 0.255 e. The van der Waals surface area contributed by atoms with E-state index in [9.17, 15) is 23.2 Å². The number of carbonyl (C=O) groups excluding carboxylic acids is 3. The zero-order valence-electron chi connectivity index (χ0n) is 36.4. The van der Waals surface area contributed by atoms with E-state index in [-0.39, 0.29) is 36.1 Å². The summed E-state index contributed by atoms with van der Waals surface area (Å²) >= 11 is 6.38. The summed E-state index contributed by atoms with van der Waals surface area (Å²) in [6.07, 6.45) is 9.24. The number of rotatable bonds is 12. The van der Waals surface area contributed by atoms with Gasteiger partial charge in [-0.2, -0.15) is 0 Å². The molecule has 3 amide bonds. The molecule has 340 valence electrons. The Morgan fingerprint density at radius 1 is 0.896 bits per heavy atom. The topological polar surface area (TPSA) is 159 Å². The molecule has 67 heavy (non-hydrogen) atoms. The molecule has 2 aromatic heterocycles. The van der Waals surface area contributed by atoms with Crippen molar-refractivity contribution in [3.8, 4) is 34.4 Å². The van der Waals surface area contributed by atoms with Gasteiger partial charge in [0.2, 0.25) is 17.8 Å². The molecule has 1 atom stereocenters. The molecular formula is C51H46ClF2N9O4. The summed E-state index contributed by atoms with van der Waals surface area (Å²) in [6.45, 7) is 2.29. The maximum absolute atomic E-state index is 15.0. The number of hydrogen-bond acceptors (Lipinski definition) is 9. The first-order valence-corrected chi connectivity index (χ1v) is 22.9. The quantitative estimate of drug-likeness (QED) is 0.0543. The highest BCUT2D eigenvalue weighted by Gasteiger charge is 2.39. The van der Waals surface area contributed by atoms with E-state index in [2.05, 4.69) is 53.7 Å². The number of halogens is 3. The second-order valence-corrected chi connectivity index (χ2v) is 17.6. The van der Waals surface area contributed by atoms with Gasteiger partial charge in [0.05, 0.1) is 42.4 Å². The average Bonchev–Trinajstić information content (AvgIpc) is 3.56. The van der Waals surface area contributed by atoms with Crippen LogP contribution in [0.2, 0.25) is 5.02 Å². The number of fused-ring (bicyclic) bond motifs is 4. The number of imide groups is 1. The van der Waals surface area contributed by atoms with Crippen LogP contribution in [0.3, 0.4) is 0 Å². The van der Waals surface area contributed by atoms with Gasteiger partial charge in [-0.25, -0.2) is 18.7 Å². The van der Waals surface area contributed by atoms with Crippen molar-refractivity contribution in [1.29, 1.82) is 0 Å². The number of anilines is 2. The first-order valence-electron chi connectivity index (χ1n) is 22.5. The van der Waals surface area contributed by atoms with Crippen LogP contribution in [-0.2, 0) is 27.4 Å². The molecule has 6 aromatic rings. The zero-order chi connectivity index (χ0) is 46.0. The molecule has 0 radical (unpaired) electrons. The summed E-state index contributed by atoms with van der Waals surface area (Å²) in [6, 6.07) is 22.6. The number of H-pyrrole nitrogens is 1.